The van der Waals surface area contributed by atoms with E-state index in [9.17, 15) is 0 Å². The fourth-order valence-corrected chi connectivity index (χ4v) is 1.88. The van der Waals surface area contributed by atoms with Crippen LogP contribution in [0.2, 0.25) is 0 Å². The molecule has 1 N–H and O–H groups in total. The Morgan fingerprint density at radius 3 is 2.76 bits per heavy atom. The van der Waals surface area contributed by atoms with Gasteiger partial charge < -0.3 is 5.32 Å². The average molecular weight is 295 g/mol. The number of rotatable bonds is 5. The van der Waals surface area contributed by atoms with Crippen molar-refractivity contribution >= 4 is 15.9 Å². The third-order valence-corrected chi connectivity index (χ3v) is 3.16. The minimum atomic E-state index is 0.339. The van der Waals surface area contributed by atoms with E-state index in [1.54, 1.807) is 6.20 Å². The predicted octanol–water partition coefficient (Wildman–Crippen LogP) is 2.39. The summed E-state index contributed by atoms with van der Waals surface area (Å²) in [5.74, 6) is 0. The van der Waals surface area contributed by atoms with Gasteiger partial charge in [0.1, 0.15) is 0 Å². The molecule has 5 heteroatoms. The van der Waals surface area contributed by atoms with Crippen LogP contribution >= 0.6 is 15.9 Å². The first kappa shape index (κ1) is 12.3. The standard InChI is InChI=1S/C12H15BrN4/c1-10(11-2-4-12(13)5-3-11)14-6-8-17-9-7-15-16-17/h2-5,7,9-10,14H,6,8H2,1H3. The zero-order valence-electron chi connectivity index (χ0n) is 9.68. The Bertz CT molecular complexity index is 438. The van der Waals surface area contributed by atoms with E-state index in [1.165, 1.54) is 5.56 Å². The summed E-state index contributed by atoms with van der Waals surface area (Å²) in [5, 5.41) is 11.1. The molecule has 2 rings (SSSR count). The van der Waals surface area contributed by atoms with Gasteiger partial charge in [-0.05, 0) is 24.6 Å². The number of nitrogens with one attached hydrogen (secondary N) is 1. The molecule has 0 saturated heterocycles. The second-order valence-corrected chi connectivity index (χ2v) is 4.81. The van der Waals surface area contributed by atoms with Gasteiger partial charge in [-0.15, -0.1) is 5.10 Å². The molecule has 1 aromatic carbocycles. The van der Waals surface area contributed by atoms with E-state index < -0.39 is 0 Å². The van der Waals surface area contributed by atoms with Crippen molar-refractivity contribution in [2.45, 2.75) is 19.5 Å². The topological polar surface area (TPSA) is 42.7 Å². The van der Waals surface area contributed by atoms with Gasteiger partial charge in [-0.1, -0.05) is 33.3 Å². The lowest BCUT2D eigenvalue weighted by molar-refractivity contribution is 0.499. The molecule has 4 nitrogen and oxygen atoms in total. The lowest BCUT2D eigenvalue weighted by atomic mass is 10.1. The van der Waals surface area contributed by atoms with E-state index in [4.69, 9.17) is 0 Å². The predicted molar refractivity (Wildman–Crippen MR) is 70.6 cm³/mol. The third-order valence-electron chi connectivity index (χ3n) is 2.63. The van der Waals surface area contributed by atoms with Gasteiger partial charge in [0.25, 0.3) is 0 Å². The molecule has 0 aliphatic rings. The molecule has 0 spiro atoms. The van der Waals surface area contributed by atoms with Crippen LogP contribution < -0.4 is 5.32 Å². The summed E-state index contributed by atoms with van der Waals surface area (Å²) in [6.45, 7) is 3.87. The van der Waals surface area contributed by atoms with Crippen LogP contribution in [0, 0.1) is 0 Å². The van der Waals surface area contributed by atoms with Crippen LogP contribution in [0.1, 0.15) is 18.5 Å². The molecule has 17 heavy (non-hydrogen) atoms. The quantitative estimate of drug-likeness (QED) is 0.921. The highest BCUT2D eigenvalue weighted by Gasteiger charge is 2.03. The Kier molecular flexibility index (Phi) is 4.28. The summed E-state index contributed by atoms with van der Waals surface area (Å²) in [4.78, 5) is 0. The highest BCUT2D eigenvalue weighted by Crippen LogP contribution is 2.16. The number of hydrogen-bond acceptors (Lipinski definition) is 3. The molecule has 1 atom stereocenters. The van der Waals surface area contributed by atoms with E-state index in [-0.39, 0.29) is 0 Å². The first-order valence-corrected chi connectivity index (χ1v) is 6.38. The molecule has 1 aromatic heterocycles. The Hall–Kier alpha value is -1.20. The molecule has 0 saturated carbocycles. The largest absolute Gasteiger partial charge is 0.308 e. The van der Waals surface area contributed by atoms with Crippen LogP contribution in [-0.2, 0) is 6.54 Å². The number of benzene rings is 1. The normalized spacial score (nSPS) is 12.6. The van der Waals surface area contributed by atoms with Gasteiger partial charge in [-0.25, -0.2) is 0 Å². The second kappa shape index (κ2) is 5.93. The summed E-state index contributed by atoms with van der Waals surface area (Å²) in [6.07, 6.45) is 3.56. The van der Waals surface area contributed by atoms with Gasteiger partial charge in [0.15, 0.2) is 0 Å². The summed E-state index contributed by atoms with van der Waals surface area (Å²) < 4.78 is 2.93. The van der Waals surface area contributed by atoms with Crippen LogP contribution in [0.4, 0.5) is 0 Å². The van der Waals surface area contributed by atoms with Gasteiger partial charge in [0, 0.05) is 23.3 Å². The Morgan fingerprint density at radius 2 is 2.12 bits per heavy atom. The number of hydrogen-bond donors (Lipinski definition) is 1. The maximum atomic E-state index is 3.92. The minimum absolute atomic E-state index is 0.339. The van der Waals surface area contributed by atoms with Crippen molar-refractivity contribution < 1.29 is 0 Å². The van der Waals surface area contributed by atoms with Crippen LogP contribution in [-0.4, -0.2) is 21.5 Å². The lowest BCUT2D eigenvalue weighted by Gasteiger charge is -2.14. The lowest BCUT2D eigenvalue weighted by Crippen LogP contribution is -2.23. The van der Waals surface area contributed by atoms with Crippen LogP contribution in [0.25, 0.3) is 0 Å². The molecule has 90 valence electrons. The molecule has 0 amide bonds. The smallest absolute Gasteiger partial charge is 0.0692 e. The van der Waals surface area contributed by atoms with Crippen molar-refractivity contribution in [1.82, 2.24) is 20.3 Å². The van der Waals surface area contributed by atoms with Crippen molar-refractivity contribution in [3.05, 3.63) is 46.7 Å². The highest BCUT2D eigenvalue weighted by atomic mass is 79.9. The van der Waals surface area contributed by atoms with E-state index in [0.717, 1.165) is 17.6 Å². The fourth-order valence-electron chi connectivity index (χ4n) is 1.62. The van der Waals surface area contributed by atoms with Gasteiger partial charge >= 0.3 is 0 Å². The fraction of sp³-hybridized carbons (Fsp3) is 0.333. The van der Waals surface area contributed by atoms with Gasteiger partial charge in [-0.3, -0.25) is 4.68 Å². The molecule has 1 heterocycles. The monoisotopic (exact) mass is 294 g/mol. The molecule has 1 unspecified atom stereocenters. The van der Waals surface area contributed by atoms with Crippen molar-refractivity contribution in [2.24, 2.45) is 0 Å². The van der Waals surface area contributed by atoms with E-state index in [2.05, 4.69) is 62.7 Å². The zero-order valence-corrected chi connectivity index (χ0v) is 11.3. The molecule has 0 aliphatic heterocycles. The van der Waals surface area contributed by atoms with Gasteiger partial charge in [0.05, 0.1) is 12.7 Å². The van der Waals surface area contributed by atoms with E-state index in [0.29, 0.717) is 6.04 Å². The average Bonchev–Trinajstić information content (AvgIpc) is 2.83. The summed E-state index contributed by atoms with van der Waals surface area (Å²) in [5.41, 5.74) is 1.28. The van der Waals surface area contributed by atoms with Crippen molar-refractivity contribution in [3.63, 3.8) is 0 Å². The Balaban J connectivity index is 1.81. The van der Waals surface area contributed by atoms with Gasteiger partial charge in [0.2, 0.25) is 0 Å². The van der Waals surface area contributed by atoms with Crippen LogP contribution in [0.5, 0.6) is 0 Å². The maximum Gasteiger partial charge on any atom is 0.0692 e. The summed E-state index contributed by atoms with van der Waals surface area (Å²) in [6, 6.07) is 8.70. The number of nitrogens with zero attached hydrogens (tertiary/aromatic N) is 3. The second-order valence-electron chi connectivity index (χ2n) is 3.89. The maximum absolute atomic E-state index is 3.92. The molecule has 0 radical (unpaired) electrons. The molecule has 0 bridgehead atoms. The third kappa shape index (κ3) is 3.64. The van der Waals surface area contributed by atoms with Crippen molar-refractivity contribution in [2.75, 3.05) is 6.54 Å². The Labute approximate surface area is 109 Å². The molecular weight excluding hydrogens is 280 g/mol. The van der Waals surface area contributed by atoms with E-state index >= 15 is 0 Å². The zero-order chi connectivity index (χ0) is 12.1. The van der Waals surface area contributed by atoms with E-state index in [1.807, 2.05) is 10.9 Å². The first-order chi connectivity index (χ1) is 8.25. The highest BCUT2D eigenvalue weighted by molar-refractivity contribution is 9.10. The van der Waals surface area contributed by atoms with Crippen LogP contribution in [0.15, 0.2) is 41.1 Å². The number of halogens is 1. The summed E-state index contributed by atoms with van der Waals surface area (Å²) in [7, 11) is 0. The minimum Gasteiger partial charge on any atom is -0.308 e. The Morgan fingerprint density at radius 1 is 1.35 bits per heavy atom. The van der Waals surface area contributed by atoms with Crippen molar-refractivity contribution in [1.29, 1.82) is 0 Å². The molecule has 0 fully saturated rings. The van der Waals surface area contributed by atoms with Gasteiger partial charge in [-0.2, -0.15) is 0 Å². The molecule has 2 aromatic rings. The number of aromatic nitrogens is 3. The first-order valence-electron chi connectivity index (χ1n) is 5.58. The molecular formula is C12H15BrN4. The summed E-state index contributed by atoms with van der Waals surface area (Å²) >= 11 is 3.43. The van der Waals surface area contributed by atoms with Crippen LogP contribution in [0.3, 0.4) is 0 Å². The SMILES string of the molecule is CC(NCCn1ccnn1)c1ccc(Br)cc1. The van der Waals surface area contributed by atoms with Crippen molar-refractivity contribution in [3.8, 4) is 0 Å². The molecule has 0 aliphatic carbocycles.